The maximum absolute atomic E-state index is 5.55. The smallest absolute Gasteiger partial charge is 0.126 e. The van der Waals surface area contributed by atoms with E-state index in [-0.39, 0.29) is 0 Å². The molecule has 0 aliphatic rings. The number of hydrogen-bond donors (Lipinski definition) is 0. The molecule has 0 fully saturated rings. The largest absolute Gasteiger partial charge is 0.493 e. The maximum Gasteiger partial charge on any atom is 0.126 e. The SMILES string of the molecule is C=Cc1cc(-c2ccccc2)ccc1OCC. The number of rotatable bonds is 4. The summed E-state index contributed by atoms with van der Waals surface area (Å²) in [5.74, 6) is 0.891. The topological polar surface area (TPSA) is 9.23 Å². The van der Waals surface area contributed by atoms with Crippen molar-refractivity contribution in [2.24, 2.45) is 0 Å². The zero-order valence-electron chi connectivity index (χ0n) is 10.0. The van der Waals surface area contributed by atoms with Gasteiger partial charge in [0, 0.05) is 5.56 Å². The highest BCUT2D eigenvalue weighted by Gasteiger charge is 2.03. The molecule has 1 nitrogen and oxygen atoms in total. The van der Waals surface area contributed by atoms with Gasteiger partial charge in [-0.2, -0.15) is 0 Å². The summed E-state index contributed by atoms with van der Waals surface area (Å²) in [6.07, 6.45) is 1.83. The van der Waals surface area contributed by atoms with Crippen LogP contribution < -0.4 is 4.74 Å². The van der Waals surface area contributed by atoms with Gasteiger partial charge in [0.2, 0.25) is 0 Å². The van der Waals surface area contributed by atoms with Crippen LogP contribution in [-0.4, -0.2) is 6.61 Å². The van der Waals surface area contributed by atoms with Crippen LogP contribution in [0.2, 0.25) is 0 Å². The maximum atomic E-state index is 5.55. The fourth-order valence-corrected chi connectivity index (χ4v) is 1.81. The average molecular weight is 224 g/mol. The van der Waals surface area contributed by atoms with Gasteiger partial charge in [-0.3, -0.25) is 0 Å². The molecule has 86 valence electrons. The van der Waals surface area contributed by atoms with Crippen LogP contribution in [0.4, 0.5) is 0 Å². The Hall–Kier alpha value is -2.02. The predicted molar refractivity (Wildman–Crippen MR) is 73.1 cm³/mol. The van der Waals surface area contributed by atoms with Gasteiger partial charge in [0.05, 0.1) is 6.61 Å². The Balaban J connectivity index is 2.41. The Labute approximate surface area is 102 Å². The third-order valence-corrected chi connectivity index (χ3v) is 2.64. The molecule has 0 amide bonds. The fourth-order valence-electron chi connectivity index (χ4n) is 1.81. The van der Waals surface area contributed by atoms with Gasteiger partial charge in [-0.05, 0) is 30.2 Å². The van der Waals surface area contributed by atoms with E-state index in [2.05, 4.69) is 30.8 Å². The summed E-state index contributed by atoms with van der Waals surface area (Å²) in [5.41, 5.74) is 3.43. The van der Waals surface area contributed by atoms with Crippen molar-refractivity contribution >= 4 is 6.08 Å². The molecule has 2 aromatic carbocycles. The quantitative estimate of drug-likeness (QED) is 0.748. The minimum atomic E-state index is 0.672. The number of benzene rings is 2. The fraction of sp³-hybridized carbons (Fsp3) is 0.125. The molecule has 0 atom stereocenters. The van der Waals surface area contributed by atoms with Crippen LogP contribution in [0.1, 0.15) is 12.5 Å². The normalized spacial score (nSPS) is 9.94. The van der Waals surface area contributed by atoms with Gasteiger partial charge in [0.1, 0.15) is 5.75 Å². The van der Waals surface area contributed by atoms with Crippen LogP contribution >= 0.6 is 0 Å². The zero-order valence-corrected chi connectivity index (χ0v) is 10.0. The molecule has 0 radical (unpaired) electrons. The van der Waals surface area contributed by atoms with Crippen LogP contribution in [0, 0.1) is 0 Å². The second kappa shape index (κ2) is 5.35. The zero-order chi connectivity index (χ0) is 12.1. The van der Waals surface area contributed by atoms with E-state index in [0.717, 1.165) is 11.3 Å². The lowest BCUT2D eigenvalue weighted by molar-refractivity contribution is 0.339. The summed E-state index contributed by atoms with van der Waals surface area (Å²) < 4.78 is 5.55. The highest BCUT2D eigenvalue weighted by atomic mass is 16.5. The number of ether oxygens (including phenoxy) is 1. The lowest BCUT2D eigenvalue weighted by Crippen LogP contribution is -1.94. The van der Waals surface area contributed by atoms with Crippen molar-refractivity contribution in [1.82, 2.24) is 0 Å². The molecule has 0 aliphatic heterocycles. The lowest BCUT2D eigenvalue weighted by atomic mass is 10.0. The summed E-state index contributed by atoms with van der Waals surface area (Å²) >= 11 is 0. The first-order chi connectivity index (χ1) is 8.35. The van der Waals surface area contributed by atoms with E-state index >= 15 is 0 Å². The molecule has 2 aromatic rings. The number of hydrogen-bond acceptors (Lipinski definition) is 1. The third-order valence-electron chi connectivity index (χ3n) is 2.64. The highest BCUT2D eigenvalue weighted by Crippen LogP contribution is 2.27. The predicted octanol–water partition coefficient (Wildman–Crippen LogP) is 4.40. The van der Waals surface area contributed by atoms with E-state index in [1.807, 2.05) is 37.3 Å². The van der Waals surface area contributed by atoms with Gasteiger partial charge in [-0.25, -0.2) is 0 Å². The van der Waals surface area contributed by atoms with Crippen LogP contribution in [0.5, 0.6) is 5.75 Å². The van der Waals surface area contributed by atoms with E-state index in [4.69, 9.17) is 4.74 Å². The first-order valence-corrected chi connectivity index (χ1v) is 5.80. The van der Waals surface area contributed by atoms with E-state index in [0.29, 0.717) is 6.61 Å². The van der Waals surface area contributed by atoms with Gasteiger partial charge < -0.3 is 4.74 Å². The Morgan fingerprint density at radius 2 is 1.82 bits per heavy atom. The Kier molecular flexibility index (Phi) is 3.61. The third kappa shape index (κ3) is 2.56. The van der Waals surface area contributed by atoms with E-state index in [9.17, 15) is 0 Å². The highest BCUT2D eigenvalue weighted by molar-refractivity contribution is 5.70. The lowest BCUT2D eigenvalue weighted by Gasteiger charge is -2.09. The summed E-state index contributed by atoms with van der Waals surface area (Å²) in [6, 6.07) is 16.5. The van der Waals surface area contributed by atoms with Gasteiger partial charge in [-0.15, -0.1) is 0 Å². The van der Waals surface area contributed by atoms with Crippen molar-refractivity contribution < 1.29 is 4.74 Å². The van der Waals surface area contributed by atoms with Crippen molar-refractivity contribution in [1.29, 1.82) is 0 Å². The molecular weight excluding hydrogens is 208 g/mol. The second-order valence-corrected chi connectivity index (χ2v) is 3.76. The second-order valence-electron chi connectivity index (χ2n) is 3.76. The molecule has 0 bridgehead atoms. The Morgan fingerprint density at radius 3 is 2.47 bits per heavy atom. The minimum absolute atomic E-state index is 0.672. The van der Waals surface area contributed by atoms with Crippen LogP contribution in [0.3, 0.4) is 0 Å². The van der Waals surface area contributed by atoms with Crippen LogP contribution in [-0.2, 0) is 0 Å². The van der Waals surface area contributed by atoms with Gasteiger partial charge in [0.15, 0.2) is 0 Å². The monoisotopic (exact) mass is 224 g/mol. The average Bonchev–Trinajstić information content (AvgIpc) is 2.40. The molecular formula is C16H16O. The molecule has 0 saturated heterocycles. The van der Waals surface area contributed by atoms with E-state index in [1.165, 1.54) is 11.1 Å². The summed E-state index contributed by atoms with van der Waals surface area (Å²) in [7, 11) is 0. The van der Waals surface area contributed by atoms with Crippen molar-refractivity contribution in [2.75, 3.05) is 6.61 Å². The van der Waals surface area contributed by atoms with E-state index in [1.54, 1.807) is 0 Å². The van der Waals surface area contributed by atoms with Gasteiger partial charge in [0.25, 0.3) is 0 Å². The molecule has 1 heteroatoms. The van der Waals surface area contributed by atoms with Gasteiger partial charge >= 0.3 is 0 Å². The first kappa shape index (κ1) is 11.5. The Morgan fingerprint density at radius 1 is 1.06 bits per heavy atom. The molecule has 2 rings (SSSR count). The van der Waals surface area contributed by atoms with Crippen molar-refractivity contribution in [3.63, 3.8) is 0 Å². The van der Waals surface area contributed by atoms with Crippen LogP contribution in [0.15, 0.2) is 55.1 Å². The van der Waals surface area contributed by atoms with Crippen molar-refractivity contribution in [3.8, 4) is 16.9 Å². The van der Waals surface area contributed by atoms with Crippen LogP contribution in [0.25, 0.3) is 17.2 Å². The van der Waals surface area contributed by atoms with Gasteiger partial charge in [-0.1, -0.05) is 49.1 Å². The molecule has 17 heavy (non-hydrogen) atoms. The molecule has 0 N–H and O–H groups in total. The molecule has 0 spiro atoms. The molecule has 0 aliphatic carbocycles. The molecule has 0 unspecified atom stereocenters. The summed E-state index contributed by atoms with van der Waals surface area (Å²) in [5, 5.41) is 0. The summed E-state index contributed by atoms with van der Waals surface area (Å²) in [6.45, 7) is 6.48. The van der Waals surface area contributed by atoms with Crippen molar-refractivity contribution in [2.45, 2.75) is 6.92 Å². The van der Waals surface area contributed by atoms with E-state index < -0.39 is 0 Å². The molecule has 0 saturated carbocycles. The summed E-state index contributed by atoms with van der Waals surface area (Å²) in [4.78, 5) is 0. The molecule has 0 aromatic heterocycles. The first-order valence-electron chi connectivity index (χ1n) is 5.80. The Bertz CT molecular complexity index is 500. The standard InChI is InChI=1S/C16H16O/c1-3-13-12-15(10-11-16(13)17-4-2)14-8-6-5-7-9-14/h3,5-12H,1,4H2,2H3. The molecule has 0 heterocycles. The van der Waals surface area contributed by atoms with Crippen molar-refractivity contribution in [3.05, 3.63) is 60.7 Å². The minimum Gasteiger partial charge on any atom is -0.493 e.